The lowest BCUT2D eigenvalue weighted by atomic mass is 10.3. The number of allylic oxidation sites excluding steroid dienone is 2. The smallest absolute Gasteiger partial charge is 0.122 e. The average molecular weight is 199 g/mol. The molecule has 13 heavy (non-hydrogen) atoms. The SMILES string of the molecule is CC=C(C)[SiH2]N(CCC)CCCC. The first-order valence-corrected chi connectivity index (χ1v) is 6.92. The summed E-state index contributed by atoms with van der Waals surface area (Å²) in [6.07, 6.45) is 6.27. The summed E-state index contributed by atoms with van der Waals surface area (Å²) in [5.74, 6) is 0. The summed E-state index contributed by atoms with van der Waals surface area (Å²) in [6.45, 7) is 11.6. The van der Waals surface area contributed by atoms with Gasteiger partial charge in [-0.3, -0.25) is 0 Å². The molecule has 0 heterocycles. The van der Waals surface area contributed by atoms with Gasteiger partial charge in [-0.05, 0) is 39.8 Å². The van der Waals surface area contributed by atoms with E-state index in [1.54, 1.807) is 5.20 Å². The fourth-order valence-electron chi connectivity index (χ4n) is 1.41. The van der Waals surface area contributed by atoms with Gasteiger partial charge in [0, 0.05) is 0 Å². The lowest BCUT2D eigenvalue weighted by Gasteiger charge is -2.21. The maximum Gasteiger partial charge on any atom is 0.122 e. The molecule has 0 atom stereocenters. The molecule has 2 heteroatoms. The Morgan fingerprint density at radius 3 is 2.38 bits per heavy atom. The molecule has 0 rings (SSSR count). The maximum absolute atomic E-state index is 2.69. The molecule has 0 saturated carbocycles. The molecule has 0 aromatic carbocycles. The van der Waals surface area contributed by atoms with E-state index in [1.165, 1.54) is 32.4 Å². The Kier molecular flexibility index (Phi) is 8.46. The molecule has 1 nitrogen and oxygen atoms in total. The zero-order chi connectivity index (χ0) is 10.1. The summed E-state index contributed by atoms with van der Waals surface area (Å²) in [5, 5.41) is 1.63. The molecule has 0 spiro atoms. The van der Waals surface area contributed by atoms with Crippen LogP contribution in [0.15, 0.2) is 11.3 Å². The third-order valence-electron chi connectivity index (χ3n) is 2.33. The average Bonchev–Trinajstić information content (AvgIpc) is 2.14. The molecule has 0 aromatic rings. The van der Waals surface area contributed by atoms with Crippen molar-refractivity contribution in [3.05, 3.63) is 11.3 Å². The van der Waals surface area contributed by atoms with Crippen LogP contribution in [-0.4, -0.2) is 27.3 Å². The molecule has 0 aliphatic carbocycles. The molecule has 0 aliphatic heterocycles. The van der Waals surface area contributed by atoms with Crippen LogP contribution in [0.4, 0.5) is 0 Å². The molecule has 0 aliphatic rings. The van der Waals surface area contributed by atoms with Crippen LogP contribution in [0.25, 0.3) is 0 Å². The quantitative estimate of drug-likeness (QED) is 0.570. The van der Waals surface area contributed by atoms with Crippen LogP contribution < -0.4 is 0 Å². The number of rotatable bonds is 7. The molecule has 0 bridgehead atoms. The highest BCUT2D eigenvalue weighted by atomic mass is 28.2. The van der Waals surface area contributed by atoms with E-state index in [-0.39, 0.29) is 9.68 Å². The maximum atomic E-state index is 2.69. The predicted octanol–water partition coefficient (Wildman–Crippen LogP) is 2.51. The highest BCUT2D eigenvalue weighted by molar-refractivity contribution is 6.41. The van der Waals surface area contributed by atoms with Gasteiger partial charge in [-0.15, -0.1) is 0 Å². The van der Waals surface area contributed by atoms with E-state index in [1.807, 2.05) is 0 Å². The first kappa shape index (κ1) is 12.9. The van der Waals surface area contributed by atoms with E-state index in [0.717, 1.165) is 0 Å². The van der Waals surface area contributed by atoms with Crippen LogP contribution in [0.2, 0.25) is 0 Å². The lowest BCUT2D eigenvalue weighted by molar-refractivity contribution is 0.432. The largest absolute Gasteiger partial charge is 0.325 e. The third kappa shape index (κ3) is 7.02. The van der Waals surface area contributed by atoms with Crippen molar-refractivity contribution >= 4 is 9.68 Å². The number of hydrogen-bond acceptors (Lipinski definition) is 1. The number of unbranched alkanes of at least 4 members (excludes halogenated alkanes) is 1. The van der Waals surface area contributed by atoms with Crippen LogP contribution in [0.5, 0.6) is 0 Å². The van der Waals surface area contributed by atoms with Crippen LogP contribution >= 0.6 is 0 Å². The molecule has 0 saturated heterocycles. The van der Waals surface area contributed by atoms with Gasteiger partial charge < -0.3 is 4.57 Å². The highest BCUT2D eigenvalue weighted by Gasteiger charge is 2.03. The van der Waals surface area contributed by atoms with Crippen molar-refractivity contribution in [1.29, 1.82) is 0 Å². The predicted molar refractivity (Wildman–Crippen MR) is 64.7 cm³/mol. The van der Waals surface area contributed by atoms with E-state index < -0.39 is 0 Å². The molecular weight excluding hydrogens is 174 g/mol. The normalized spacial score (nSPS) is 13.5. The zero-order valence-corrected chi connectivity index (χ0v) is 11.2. The van der Waals surface area contributed by atoms with Gasteiger partial charge >= 0.3 is 0 Å². The van der Waals surface area contributed by atoms with E-state index in [4.69, 9.17) is 0 Å². The summed E-state index contributed by atoms with van der Waals surface area (Å²) in [5.41, 5.74) is 0. The van der Waals surface area contributed by atoms with Crippen molar-refractivity contribution in [3.63, 3.8) is 0 Å². The van der Waals surface area contributed by atoms with Gasteiger partial charge in [0.2, 0.25) is 0 Å². The first-order chi connectivity index (χ1) is 6.24. The summed E-state index contributed by atoms with van der Waals surface area (Å²) >= 11 is 0. The Balaban J connectivity index is 3.79. The second-order valence-electron chi connectivity index (χ2n) is 3.76. The minimum atomic E-state index is -0.0872. The van der Waals surface area contributed by atoms with Gasteiger partial charge in [-0.2, -0.15) is 0 Å². The van der Waals surface area contributed by atoms with Gasteiger partial charge in [0.05, 0.1) is 0 Å². The Bertz CT molecular complexity index is 143. The van der Waals surface area contributed by atoms with Crippen LogP contribution in [0, 0.1) is 0 Å². The van der Waals surface area contributed by atoms with Crippen molar-refractivity contribution in [3.8, 4) is 0 Å². The third-order valence-corrected chi connectivity index (χ3v) is 4.32. The Hall–Kier alpha value is -0.0831. The number of hydrogen-bond donors (Lipinski definition) is 0. The van der Waals surface area contributed by atoms with Crippen molar-refractivity contribution in [2.45, 2.75) is 47.0 Å². The standard InChI is InChI=1S/C11H25NSi/c1-5-8-10-12(9-6-2)13-11(4)7-3/h7H,5-6,8-10,13H2,1-4H3. The van der Waals surface area contributed by atoms with Gasteiger partial charge in [-0.1, -0.05) is 31.5 Å². The van der Waals surface area contributed by atoms with Gasteiger partial charge in [0.15, 0.2) is 0 Å². The minimum Gasteiger partial charge on any atom is -0.325 e. The summed E-state index contributed by atoms with van der Waals surface area (Å²) in [6, 6.07) is 0. The number of nitrogens with zero attached hydrogens (tertiary/aromatic N) is 1. The van der Waals surface area contributed by atoms with Crippen LogP contribution in [-0.2, 0) is 0 Å². The van der Waals surface area contributed by atoms with Crippen LogP contribution in [0.1, 0.15) is 47.0 Å². The Morgan fingerprint density at radius 2 is 1.92 bits per heavy atom. The minimum absolute atomic E-state index is 0.0872. The van der Waals surface area contributed by atoms with E-state index in [0.29, 0.717) is 0 Å². The van der Waals surface area contributed by atoms with Crippen molar-refractivity contribution in [1.82, 2.24) is 4.57 Å². The van der Waals surface area contributed by atoms with Gasteiger partial charge in [0.25, 0.3) is 0 Å². The summed E-state index contributed by atoms with van der Waals surface area (Å²) in [7, 11) is -0.0872. The van der Waals surface area contributed by atoms with E-state index >= 15 is 0 Å². The second-order valence-corrected chi connectivity index (χ2v) is 6.09. The fourth-order valence-corrected chi connectivity index (χ4v) is 3.16. The van der Waals surface area contributed by atoms with Crippen molar-refractivity contribution in [2.75, 3.05) is 13.1 Å². The van der Waals surface area contributed by atoms with E-state index in [9.17, 15) is 0 Å². The Morgan fingerprint density at radius 1 is 1.23 bits per heavy atom. The van der Waals surface area contributed by atoms with Crippen LogP contribution in [0.3, 0.4) is 0 Å². The monoisotopic (exact) mass is 199 g/mol. The highest BCUT2D eigenvalue weighted by Crippen LogP contribution is 1.99. The molecule has 0 amide bonds. The lowest BCUT2D eigenvalue weighted by Crippen LogP contribution is -2.30. The summed E-state index contributed by atoms with van der Waals surface area (Å²) < 4.78 is 2.69. The molecular formula is C11H25NSi. The first-order valence-electron chi connectivity index (χ1n) is 5.58. The molecule has 0 N–H and O–H groups in total. The Labute approximate surface area is 86.1 Å². The molecule has 78 valence electrons. The fraction of sp³-hybridized carbons (Fsp3) is 0.818. The summed E-state index contributed by atoms with van der Waals surface area (Å²) in [4.78, 5) is 0. The van der Waals surface area contributed by atoms with Crippen molar-refractivity contribution in [2.24, 2.45) is 0 Å². The van der Waals surface area contributed by atoms with Crippen molar-refractivity contribution < 1.29 is 0 Å². The zero-order valence-electron chi connectivity index (χ0n) is 9.77. The molecule has 0 radical (unpaired) electrons. The molecule has 0 unspecified atom stereocenters. The van der Waals surface area contributed by atoms with E-state index in [2.05, 4.69) is 38.3 Å². The molecule has 0 fully saturated rings. The topological polar surface area (TPSA) is 3.24 Å². The van der Waals surface area contributed by atoms with Gasteiger partial charge in [-0.25, -0.2) is 0 Å². The second kappa shape index (κ2) is 8.51. The molecule has 0 aromatic heterocycles. The van der Waals surface area contributed by atoms with Gasteiger partial charge in [0.1, 0.15) is 9.68 Å².